The van der Waals surface area contributed by atoms with Crippen LogP contribution < -0.4 is 5.14 Å². The average molecular weight is 330 g/mol. The Morgan fingerprint density at radius 3 is 2.43 bits per heavy atom. The summed E-state index contributed by atoms with van der Waals surface area (Å²) in [6, 6.07) is 0. The zero-order valence-corrected chi connectivity index (χ0v) is 12.4. The van der Waals surface area contributed by atoms with E-state index in [9.17, 15) is 21.6 Å². The fourth-order valence-electron chi connectivity index (χ4n) is 1.61. The SMILES string of the molecule is CC(C)Cn1c(CCOCC(F)(F)F)nnc1S(N)(=O)=O. The Morgan fingerprint density at radius 2 is 1.95 bits per heavy atom. The van der Waals surface area contributed by atoms with Gasteiger partial charge in [-0.15, -0.1) is 10.2 Å². The number of aromatic nitrogens is 3. The number of ether oxygens (including phenoxy) is 1. The molecule has 2 N–H and O–H groups in total. The molecule has 0 spiro atoms. The van der Waals surface area contributed by atoms with Crippen molar-refractivity contribution in [2.75, 3.05) is 13.2 Å². The molecule has 0 unspecified atom stereocenters. The normalized spacial score (nSPS) is 13.1. The lowest BCUT2D eigenvalue weighted by atomic mass is 10.2. The second-order valence-corrected chi connectivity index (χ2v) is 6.32. The fourth-order valence-corrected chi connectivity index (χ4v) is 2.26. The summed E-state index contributed by atoms with van der Waals surface area (Å²) in [6.07, 6.45) is -4.40. The summed E-state index contributed by atoms with van der Waals surface area (Å²) in [6.45, 7) is 2.36. The van der Waals surface area contributed by atoms with E-state index in [0.29, 0.717) is 0 Å². The van der Waals surface area contributed by atoms with Crippen molar-refractivity contribution >= 4 is 10.0 Å². The zero-order valence-electron chi connectivity index (χ0n) is 11.6. The van der Waals surface area contributed by atoms with Crippen molar-refractivity contribution in [2.45, 2.75) is 38.1 Å². The van der Waals surface area contributed by atoms with Gasteiger partial charge in [-0.3, -0.25) is 0 Å². The molecule has 0 aromatic carbocycles. The first-order valence-electron chi connectivity index (χ1n) is 6.10. The van der Waals surface area contributed by atoms with E-state index in [4.69, 9.17) is 5.14 Å². The van der Waals surface area contributed by atoms with Gasteiger partial charge in [-0.25, -0.2) is 13.6 Å². The average Bonchev–Trinajstić information content (AvgIpc) is 2.65. The molecule has 11 heteroatoms. The molecule has 122 valence electrons. The first kappa shape index (κ1) is 17.9. The summed E-state index contributed by atoms with van der Waals surface area (Å²) in [5.41, 5.74) is 0. The van der Waals surface area contributed by atoms with Crippen LogP contribution in [0.25, 0.3) is 0 Å². The predicted molar refractivity (Wildman–Crippen MR) is 66.8 cm³/mol. The van der Waals surface area contributed by atoms with E-state index in [2.05, 4.69) is 14.9 Å². The molecule has 1 aromatic heterocycles. The lowest BCUT2D eigenvalue weighted by molar-refractivity contribution is -0.173. The van der Waals surface area contributed by atoms with E-state index in [1.807, 2.05) is 13.8 Å². The molecule has 0 aliphatic carbocycles. The van der Waals surface area contributed by atoms with Crippen molar-refractivity contribution in [3.05, 3.63) is 5.82 Å². The Kier molecular flexibility index (Phi) is 5.70. The van der Waals surface area contributed by atoms with Crippen LogP contribution in [0.1, 0.15) is 19.7 Å². The molecule has 0 amide bonds. The molecular formula is C10H17F3N4O3S. The van der Waals surface area contributed by atoms with Crippen LogP contribution in [0.5, 0.6) is 0 Å². The number of nitrogens with zero attached hydrogens (tertiary/aromatic N) is 3. The molecule has 0 radical (unpaired) electrons. The van der Waals surface area contributed by atoms with Gasteiger partial charge in [0.05, 0.1) is 6.61 Å². The smallest absolute Gasteiger partial charge is 0.372 e. The van der Waals surface area contributed by atoms with Gasteiger partial charge in [-0.1, -0.05) is 13.8 Å². The van der Waals surface area contributed by atoms with Crippen LogP contribution in [0.3, 0.4) is 0 Å². The Labute approximate surface area is 120 Å². The van der Waals surface area contributed by atoms with Gasteiger partial charge in [0.1, 0.15) is 12.4 Å². The summed E-state index contributed by atoms with van der Waals surface area (Å²) in [4.78, 5) is 0. The fraction of sp³-hybridized carbons (Fsp3) is 0.800. The first-order chi connectivity index (χ1) is 9.50. The van der Waals surface area contributed by atoms with Crippen molar-refractivity contribution in [3.8, 4) is 0 Å². The lowest BCUT2D eigenvalue weighted by Crippen LogP contribution is -2.22. The van der Waals surface area contributed by atoms with Crippen LogP contribution in [-0.2, 0) is 27.7 Å². The predicted octanol–water partition coefficient (Wildman–Crippen LogP) is 0.703. The zero-order chi connectivity index (χ0) is 16.3. The highest BCUT2D eigenvalue weighted by molar-refractivity contribution is 7.89. The highest BCUT2D eigenvalue weighted by atomic mass is 32.2. The monoisotopic (exact) mass is 330 g/mol. The third kappa shape index (κ3) is 5.98. The summed E-state index contributed by atoms with van der Waals surface area (Å²) in [7, 11) is -4.04. The molecule has 1 heterocycles. The molecule has 7 nitrogen and oxygen atoms in total. The van der Waals surface area contributed by atoms with E-state index >= 15 is 0 Å². The highest BCUT2D eigenvalue weighted by Crippen LogP contribution is 2.15. The third-order valence-electron chi connectivity index (χ3n) is 2.33. The molecule has 1 aromatic rings. The number of alkyl halides is 3. The number of primary sulfonamides is 1. The second-order valence-electron chi connectivity index (χ2n) is 4.87. The van der Waals surface area contributed by atoms with Gasteiger partial charge in [-0.05, 0) is 5.92 Å². The molecule has 1 rings (SSSR count). The van der Waals surface area contributed by atoms with E-state index in [-0.39, 0.29) is 31.3 Å². The molecule has 0 fully saturated rings. The quantitative estimate of drug-likeness (QED) is 0.742. The van der Waals surface area contributed by atoms with Gasteiger partial charge in [-0.2, -0.15) is 13.2 Å². The van der Waals surface area contributed by atoms with E-state index in [1.54, 1.807) is 0 Å². The Hall–Kier alpha value is -1.20. The van der Waals surface area contributed by atoms with Gasteiger partial charge < -0.3 is 9.30 Å². The van der Waals surface area contributed by atoms with Gasteiger partial charge in [0.15, 0.2) is 0 Å². The van der Waals surface area contributed by atoms with Crippen LogP contribution in [0.2, 0.25) is 0 Å². The summed E-state index contributed by atoms with van der Waals surface area (Å²) in [5.74, 6) is 0.297. The van der Waals surface area contributed by atoms with Crippen LogP contribution in [0, 0.1) is 5.92 Å². The molecule has 21 heavy (non-hydrogen) atoms. The van der Waals surface area contributed by atoms with E-state index in [0.717, 1.165) is 0 Å². The topological polar surface area (TPSA) is 100 Å². The standard InChI is InChI=1S/C10H17F3N4O3S/c1-7(2)5-17-8(3-4-20-6-10(11,12)13)15-16-9(17)21(14,18)19/h7H,3-6H2,1-2H3,(H2,14,18,19). The van der Waals surface area contributed by atoms with E-state index < -0.39 is 28.0 Å². The summed E-state index contributed by atoms with van der Waals surface area (Å²) in [5, 5.41) is 11.8. The maximum atomic E-state index is 11.9. The van der Waals surface area contributed by atoms with Crippen LogP contribution in [0.15, 0.2) is 5.16 Å². The minimum absolute atomic E-state index is 0.00528. The molecule has 0 saturated heterocycles. The maximum Gasteiger partial charge on any atom is 0.411 e. The van der Waals surface area contributed by atoms with Crippen molar-refractivity contribution in [3.63, 3.8) is 0 Å². The largest absolute Gasteiger partial charge is 0.411 e. The lowest BCUT2D eigenvalue weighted by Gasteiger charge is -2.12. The van der Waals surface area contributed by atoms with Gasteiger partial charge in [0, 0.05) is 13.0 Å². The molecule has 0 aliphatic heterocycles. The summed E-state index contributed by atoms with van der Waals surface area (Å²) < 4.78 is 64.3. The molecule has 0 bridgehead atoms. The number of hydrogen-bond acceptors (Lipinski definition) is 5. The summed E-state index contributed by atoms with van der Waals surface area (Å²) >= 11 is 0. The minimum atomic E-state index is -4.41. The number of nitrogens with two attached hydrogens (primary N) is 1. The van der Waals surface area contributed by atoms with Crippen molar-refractivity contribution in [1.82, 2.24) is 14.8 Å². The van der Waals surface area contributed by atoms with Crippen molar-refractivity contribution < 1.29 is 26.3 Å². The van der Waals surface area contributed by atoms with Gasteiger partial charge >= 0.3 is 6.18 Å². The molecule has 0 saturated carbocycles. The van der Waals surface area contributed by atoms with Crippen LogP contribution in [-0.4, -0.2) is 42.6 Å². The minimum Gasteiger partial charge on any atom is -0.372 e. The van der Waals surface area contributed by atoms with Crippen molar-refractivity contribution in [2.24, 2.45) is 11.1 Å². The number of sulfonamides is 1. The number of hydrogen-bond donors (Lipinski definition) is 1. The molecule has 0 aliphatic rings. The van der Waals surface area contributed by atoms with Crippen LogP contribution in [0.4, 0.5) is 13.2 Å². The number of rotatable bonds is 7. The maximum absolute atomic E-state index is 11.9. The number of halogens is 3. The van der Waals surface area contributed by atoms with E-state index in [1.165, 1.54) is 4.57 Å². The molecule has 0 atom stereocenters. The molecular weight excluding hydrogens is 313 g/mol. The second kappa shape index (κ2) is 6.71. The van der Waals surface area contributed by atoms with Gasteiger partial charge in [0.25, 0.3) is 15.2 Å². The Bertz CT molecular complexity index is 569. The third-order valence-corrected chi connectivity index (χ3v) is 3.14. The first-order valence-corrected chi connectivity index (χ1v) is 7.64. The van der Waals surface area contributed by atoms with Crippen LogP contribution >= 0.6 is 0 Å². The highest BCUT2D eigenvalue weighted by Gasteiger charge is 2.27. The van der Waals surface area contributed by atoms with Crippen molar-refractivity contribution in [1.29, 1.82) is 0 Å². The van der Waals surface area contributed by atoms with Gasteiger partial charge in [0.2, 0.25) is 0 Å². The Balaban J connectivity index is 2.80. The Morgan fingerprint density at radius 1 is 1.33 bits per heavy atom.